The van der Waals surface area contributed by atoms with E-state index >= 15 is 0 Å². The zero-order chi connectivity index (χ0) is 14.1. The first-order chi connectivity index (χ1) is 9.69. The number of carbonyl (C=O) groups excluding carboxylic acids is 1. The Balaban J connectivity index is 2.23. The maximum Gasteiger partial charge on any atom is 0.240 e. The minimum atomic E-state index is 0.537. The van der Waals surface area contributed by atoms with Crippen molar-refractivity contribution < 1.29 is 9.21 Å². The number of aromatic nitrogens is 1. The van der Waals surface area contributed by atoms with Crippen LogP contribution >= 0.6 is 0 Å². The molecule has 0 saturated heterocycles. The highest BCUT2D eigenvalue weighted by molar-refractivity contribution is 5.83. The third-order valence-electron chi connectivity index (χ3n) is 3.21. The van der Waals surface area contributed by atoms with Crippen LogP contribution in [0.5, 0.6) is 0 Å². The molecular formula is C16H12N2O2. The quantitative estimate of drug-likeness (QED) is 0.517. The molecule has 1 aromatic heterocycles. The highest BCUT2D eigenvalue weighted by Crippen LogP contribution is 2.30. The Kier molecular flexibility index (Phi) is 2.93. The summed E-state index contributed by atoms with van der Waals surface area (Å²) in [5.74, 6) is 0.577. The van der Waals surface area contributed by atoms with Crippen molar-refractivity contribution in [3.05, 3.63) is 47.5 Å². The van der Waals surface area contributed by atoms with Crippen molar-refractivity contribution in [1.29, 1.82) is 0 Å². The molecule has 0 amide bonds. The summed E-state index contributed by atoms with van der Waals surface area (Å²) in [6.07, 6.45) is 1.54. The molecule has 0 saturated carbocycles. The second kappa shape index (κ2) is 4.76. The van der Waals surface area contributed by atoms with Crippen LogP contribution in [0.15, 0.2) is 45.8 Å². The van der Waals surface area contributed by atoms with Crippen LogP contribution in [0, 0.1) is 13.8 Å². The van der Waals surface area contributed by atoms with Crippen LogP contribution < -0.4 is 0 Å². The molecule has 0 unspecified atom stereocenters. The van der Waals surface area contributed by atoms with Gasteiger partial charge in [-0.05, 0) is 43.2 Å². The maximum absolute atomic E-state index is 10.4. The Morgan fingerprint density at radius 3 is 2.70 bits per heavy atom. The summed E-state index contributed by atoms with van der Waals surface area (Å²) in [5, 5.41) is 0. The first kappa shape index (κ1) is 12.3. The summed E-state index contributed by atoms with van der Waals surface area (Å²) < 4.78 is 5.85. The van der Waals surface area contributed by atoms with Crippen molar-refractivity contribution in [2.45, 2.75) is 13.8 Å². The zero-order valence-corrected chi connectivity index (χ0v) is 11.2. The largest absolute Gasteiger partial charge is 0.436 e. The Labute approximate surface area is 115 Å². The van der Waals surface area contributed by atoms with E-state index in [1.54, 1.807) is 18.2 Å². The molecule has 3 aromatic rings. The fraction of sp³-hybridized carbons (Fsp3) is 0.125. The van der Waals surface area contributed by atoms with Crippen LogP contribution in [0.1, 0.15) is 11.1 Å². The summed E-state index contributed by atoms with van der Waals surface area (Å²) in [5.41, 5.74) is 4.90. The lowest BCUT2D eigenvalue weighted by atomic mass is 10.1. The fourth-order valence-electron chi connectivity index (χ4n) is 2.23. The number of hydrogen-bond acceptors (Lipinski definition) is 4. The predicted molar refractivity (Wildman–Crippen MR) is 76.7 cm³/mol. The Morgan fingerprint density at radius 1 is 1.15 bits per heavy atom. The van der Waals surface area contributed by atoms with E-state index in [1.807, 2.05) is 38.1 Å². The lowest BCUT2D eigenvalue weighted by molar-refractivity contribution is 0.565. The van der Waals surface area contributed by atoms with Crippen molar-refractivity contribution in [2.24, 2.45) is 4.99 Å². The Bertz CT molecular complexity index is 843. The normalized spacial score (nSPS) is 10.5. The number of aliphatic imine (C=N–C) groups is 1. The number of rotatable bonds is 2. The molecule has 0 fully saturated rings. The number of fused-ring (bicyclic) bond motifs is 1. The van der Waals surface area contributed by atoms with E-state index in [2.05, 4.69) is 9.98 Å². The lowest BCUT2D eigenvalue weighted by Crippen LogP contribution is -1.81. The molecule has 0 radical (unpaired) electrons. The SMILES string of the molecule is Cc1ccccc1-c1nc2cc(N=C=O)cc(C)c2o1. The Morgan fingerprint density at radius 2 is 1.95 bits per heavy atom. The molecule has 0 aliphatic rings. The van der Waals surface area contributed by atoms with Crippen LogP contribution in [0.3, 0.4) is 0 Å². The first-order valence-electron chi connectivity index (χ1n) is 6.24. The van der Waals surface area contributed by atoms with E-state index < -0.39 is 0 Å². The van der Waals surface area contributed by atoms with Gasteiger partial charge in [-0.3, -0.25) is 0 Å². The standard InChI is InChI=1S/C16H12N2O2/c1-10-5-3-4-6-13(10)16-18-14-8-12(17-9-19)7-11(2)15(14)20-16/h3-8H,1-2H3. The second-order valence-electron chi connectivity index (χ2n) is 4.65. The third-order valence-corrected chi connectivity index (χ3v) is 3.21. The molecule has 1 heterocycles. The lowest BCUT2D eigenvalue weighted by Gasteiger charge is -1.99. The van der Waals surface area contributed by atoms with Crippen LogP contribution in [-0.4, -0.2) is 11.1 Å². The van der Waals surface area contributed by atoms with Gasteiger partial charge in [0.1, 0.15) is 5.52 Å². The molecule has 0 aliphatic heterocycles. The van der Waals surface area contributed by atoms with E-state index in [9.17, 15) is 4.79 Å². The molecule has 20 heavy (non-hydrogen) atoms. The van der Waals surface area contributed by atoms with Crippen molar-refractivity contribution in [3.63, 3.8) is 0 Å². The van der Waals surface area contributed by atoms with Gasteiger partial charge in [0.05, 0.1) is 5.69 Å². The van der Waals surface area contributed by atoms with Gasteiger partial charge < -0.3 is 4.42 Å². The number of nitrogens with zero attached hydrogens (tertiary/aromatic N) is 2. The van der Waals surface area contributed by atoms with Crippen molar-refractivity contribution >= 4 is 22.9 Å². The number of hydrogen-bond donors (Lipinski definition) is 0. The predicted octanol–water partition coefficient (Wildman–Crippen LogP) is 4.08. The number of oxazole rings is 1. The second-order valence-corrected chi connectivity index (χ2v) is 4.65. The number of isocyanates is 1. The van der Waals surface area contributed by atoms with Gasteiger partial charge >= 0.3 is 0 Å². The molecule has 0 N–H and O–H groups in total. The molecule has 4 nitrogen and oxygen atoms in total. The van der Waals surface area contributed by atoms with E-state index in [4.69, 9.17) is 4.42 Å². The zero-order valence-electron chi connectivity index (χ0n) is 11.2. The van der Waals surface area contributed by atoms with Crippen LogP contribution in [-0.2, 0) is 4.79 Å². The van der Waals surface area contributed by atoms with Crippen LogP contribution in [0.2, 0.25) is 0 Å². The molecule has 0 bridgehead atoms. The third kappa shape index (κ3) is 2.02. The first-order valence-corrected chi connectivity index (χ1v) is 6.24. The summed E-state index contributed by atoms with van der Waals surface area (Å²) in [4.78, 5) is 18.5. The summed E-state index contributed by atoms with van der Waals surface area (Å²) in [7, 11) is 0. The Hall–Kier alpha value is -2.71. The van der Waals surface area contributed by atoms with Gasteiger partial charge in [-0.1, -0.05) is 18.2 Å². The molecule has 0 aliphatic carbocycles. The summed E-state index contributed by atoms with van der Waals surface area (Å²) >= 11 is 0. The van der Waals surface area contributed by atoms with Gasteiger partial charge in [-0.2, -0.15) is 4.99 Å². The van der Waals surface area contributed by atoms with E-state index in [0.29, 0.717) is 22.7 Å². The van der Waals surface area contributed by atoms with E-state index in [0.717, 1.165) is 16.7 Å². The number of aryl methyl sites for hydroxylation is 2. The molecule has 98 valence electrons. The van der Waals surface area contributed by atoms with Gasteiger partial charge in [0.2, 0.25) is 12.0 Å². The topological polar surface area (TPSA) is 55.5 Å². The maximum atomic E-state index is 10.4. The van der Waals surface area contributed by atoms with Crippen molar-refractivity contribution in [1.82, 2.24) is 4.98 Å². The molecule has 4 heteroatoms. The molecule has 0 atom stereocenters. The minimum absolute atomic E-state index is 0.537. The van der Waals surface area contributed by atoms with Crippen LogP contribution in [0.4, 0.5) is 5.69 Å². The minimum Gasteiger partial charge on any atom is -0.436 e. The van der Waals surface area contributed by atoms with Crippen molar-refractivity contribution in [2.75, 3.05) is 0 Å². The van der Waals surface area contributed by atoms with Crippen LogP contribution in [0.25, 0.3) is 22.6 Å². The summed E-state index contributed by atoms with van der Waals surface area (Å²) in [6, 6.07) is 11.4. The van der Waals surface area contributed by atoms with Gasteiger partial charge in [-0.15, -0.1) is 0 Å². The van der Waals surface area contributed by atoms with Gasteiger partial charge in [0.15, 0.2) is 5.58 Å². The fourth-order valence-corrected chi connectivity index (χ4v) is 2.23. The highest BCUT2D eigenvalue weighted by Gasteiger charge is 2.12. The number of benzene rings is 2. The van der Waals surface area contributed by atoms with Gasteiger partial charge in [0.25, 0.3) is 0 Å². The average molecular weight is 264 g/mol. The van der Waals surface area contributed by atoms with Gasteiger partial charge in [0, 0.05) is 5.56 Å². The van der Waals surface area contributed by atoms with E-state index in [-0.39, 0.29) is 0 Å². The molecular weight excluding hydrogens is 252 g/mol. The van der Waals surface area contributed by atoms with E-state index in [1.165, 1.54) is 0 Å². The molecule has 2 aromatic carbocycles. The molecule has 3 rings (SSSR count). The molecule has 0 spiro atoms. The van der Waals surface area contributed by atoms with Crippen molar-refractivity contribution in [3.8, 4) is 11.5 Å². The smallest absolute Gasteiger partial charge is 0.240 e. The average Bonchev–Trinajstić information content (AvgIpc) is 2.84. The van der Waals surface area contributed by atoms with Gasteiger partial charge in [-0.25, -0.2) is 9.78 Å². The monoisotopic (exact) mass is 264 g/mol. The highest BCUT2D eigenvalue weighted by atomic mass is 16.3. The summed E-state index contributed by atoms with van der Waals surface area (Å²) in [6.45, 7) is 3.91.